The summed E-state index contributed by atoms with van der Waals surface area (Å²) in [6.07, 6.45) is 0.201. The minimum Gasteiger partial charge on any atom is -0.391 e. The molecule has 1 aliphatic rings. The maximum atomic E-state index is 12.0. The maximum absolute atomic E-state index is 12.0. The summed E-state index contributed by atoms with van der Waals surface area (Å²) in [7, 11) is -3.29. The van der Waals surface area contributed by atoms with Gasteiger partial charge in [-0.3, -0.25) is 0 Å². The van der Waals surface area contributed by atoms with Crippen LogP contribution >= 0.6 is 0 Å². The van der Waals surface area contributed by atoms with Crippen molar-refractivity contribution in [3.05, 3.63) is 0 Å². The lowest BCUT2D eigenvalue weighted by atomic mass is 9.98. The zero-order valence-electron chi connectivity index (χ0n) is 10.8. The van der Waals surface area contributed by atoms with E-state index in [9.17, 15) is 13.5 Å². The Morgan fingerprint density at radius 2 is 2.12 bits per heavy atom. The Hall–Kier alpha value is -0.170. The van der Waals surface area contributed by atoms with E-state index in [1.165, 1.54) is 4.31 Å². The molecule has 0 spiro atoms. The van der Waals surface area contributed by atoms with E-state index in [0.717, 1.165) is 0 Å². The van der Waals surface area contributed by atoms with Crippen molar-refractivity contribution in [1.29, 1.82) is 0 Å². The van der Waals surface area contributed by atoms with Crippen LogP contribution in [0.2, 0.25) is 0 Å². The van der Waals surface area contributed by atoms with Gasteiger partial charge < -0.3 is 9.84 Å². The summed E-state index contributed by atoms with van der Waals surface area (Å²) >= 11 is 0. The molecule has 0 radical (unpaired) electrons. The van der Waals surface area contributed by atoms with Crippen molar-refractivity contribution in [3.8, 4) is 0 Å². The van der Waals surface area contributed by atoms with Gasteiger partial charge in [0.05, 0.1) is 24.6 Å². The van der Waals surface area contributed by atoms with Crippen molar-refractivity contribution in [2.45, 2.75) is 39.4 Å². The molecule has 0 aromatic rings. The second-order valence-electron chi connectivity index (χ2n) is 4.93. The molecule has 2 unspecified atom stereocenters. The molecule has 6 heteroatoms. The summed E-state index contributed by atoms with van der Waals surface area (Å²) in [4.78, 5) is 0. The zero-order valence-corrected chi connectivity index (χ0v) is 11.6. The van der Waals surface area contributed by atoms with Gasteiger partial charge in [0.15, 0.2) is 0 Å². The van der Waals surface area contributed by atoms with E-state index in [1.807, 2.05) is 20.8 Å². The third kappa shape index (κ3) is 4.54. The summed E-state index contributed by atoms with van der Waals surface area (Å²) in [5.74, 6) is 0.167. The van der Waals surface area contributed by atoms with Crippen LogP contribution in [-0.2, 0) is 14.8 Å². The lowest BCUT2D eigenvalue weighted by Crippen LogP contribution is -2.47. The number of ether oxygens (including phenoxy) is 1. The summed E-state index contributed by atoms with van der Waals surface area (Å²) in [5.41, 5.74) is 0. The van der Waals surface area contributed by atoms with Gasteiger partial charge in [-0.05, 0) is 26.2 Å². The van der Waals surface area contributed by atoms with Crippen molar-refractivity contribution in [2.24, 2.45) is 5.92 Å². The molecule has 102 valence electrons. The number of aliphatic hydroxyl groups excluding tert-OH is 1. The molecule has 0 aromatic carbocycles. The van der Waals surface area contributed by atoms with E-state index < -0.39 is 16.1 Å². The third-order valence-electron chi connectivity index (χ3n) is 3.07. The molecule has 0 aliphatic carbocycles. The molecule has 1 rings (SSSR count). The second kappa shape index (κ2) is 6.13. The van der Waals surface area contributed by atoms with E-state index >= 15 is 0 Å². The predicted octanol–water partition coefficient (Wildman–Crippen LogP) is 0.444. The number of hydrogen-bond acceptors (Lipinski definition) is 4. The normalized spacial score (nSPS) is 27.6. The number of β-amino-alcohol motifs (C(OH)–C–C–N with tert-alkyl or cyclic N) is 1. The van der Waals surface area contributed by atoms with Crippen molar-refractivity contribution in [2.75, 3.05) is 25.4 Å². The summed E-state index contributed by atoms with van der Waals surface area (Å²) in [6, 6.07) is 0. The first-order valence-corrected chi connectivity index (χ1v) is 7.71. The molecular weight excluding hydrogens is 242 g/mol. The van der Waals surface area contributed by atoms with Gasteiger partial charge in [-0.1, -0.05) is 6.92 Å². The van der Waals surface area contributed by atoms with Crippen LogP contribution < -0.4 is 0 Å². The molecule has 0 saturated carbocycles. The highest BCUT2D eigenvalue weighted by molar-refractivity contribution is 7.89. The third-order valence-corrected chi connectivity index (χ3v) is 4.87. The molecule has 1 saturated heterocycles. The molecular formula is C11H23NO4S. The molecule has 0 aromatic heterocycles. The number of aliphatic hydroxyl groups is 1. The molecule has 1 aliphatic heterocycles. The first-order valence-electron chi connectivity index (χ1n) is 6.10. The summed E-state index contributed by atoms with van der Waals surface area (Å²) in [6.45, 7) is 6.62. The van der Waals surface area contributed by atoms with Crippen molar-refractivity contribution in [3.63, 3.8) is 0 Å². The molecule has 1 heterocycles. The molecule has 1 fully saturated rings. The van der Waals surface area contributed by atoms with E-state index in [1.54, 1.807) is 0 Å². The largest absolute Gasteiger partial charge is 0.391 e. The fourth-order valence-corrected chi connectivity index (χ4v) is 3.12. The first-order chi connectivity index (χ1) is 7.83. The molecule has 5 nitrogen and oxygen atoms in total. The van der Waals surface area contributed by atoms with Gasteiger partial charge in [0.25, 0.3) is 0 Å². The van der Waals surface area contributed by atoms with E-state index in [0.29, 0.717) is 13.0 Å². The lowest BCUT2D eigenvalue weighted by molar-refractivity contribution is 0.0591. The van der Waals surface area contributed by atoms with Crippen molar-refractivity contribution < 1.29 is 18.3 Å². The summed E-state index contributed by atoms with van der Waals surface area (Å²) < 4.78 is 30.5. The Morgan fingerprint density at radius 3 is 2.65 bits per heavy atom. The van der Waals surface area contributed by atoms with Gasteiger partial charge in [-0.2, -0.15) is 4.31 Å². The molecule has 0 amide bonds. The quantitative estimate of drug-likeness (QED) is 0.783. The molecule has 2 atom stereocenters. The Balaban J connectivity index is 2.47. The van der Waals surface area contributed by atoms with Gasteiger partial charge in [0.2, 0.25) is 10.0 Å². The molecule has 1 N–H and O–H groups in total. The van der Waals surface area contributed by atoms with Crippen molar-refractivity contribution in [1.82, 2.24) is 4.31 Å². The molecule has 0 bridgehead atoms. The van der Waals surface area contributed by atoms with Crippen LogP contribution in [0.5, 0.6) is 0 Å². The number of sulfonamides is 1. The molecule has 17 heavy (non-hydrogen) atoms. The highest BCUT2D eigenvalue weighted by Crippen LogP contribution is 2.19. The number of rotatable bonds is 5. The standard InChI is InChI=1S/C11H23NO4S/c1-9(2)16-6-7-17(14,15)12-5-4-10(3)11(13)8-12/h9-11,13H,4-8H2,1-3H3. The van der Waals surface area contributed by atoms with Crippen LogP contribution in [0.4, 0.5) is 0 Å². The van der Waals surface area contributed by atoms with Crippen LogP contribution in [0.3, 0.4) is 0 Å². The topological polar surface area (TPSA) is 66.8 Å². The fourth-order valence-electron chi connectivity index (χ4n) is 1.79. The van der Waals surface area contributed by atoms with Gasteiger partial charge >= 0.3 is 0 Å². The van der Waals surface area contributed by atoms with Crippen LogP contribution in [0, 0.1) is 5.92 Å². The average Bonchev–Trinajstić information content (AvgIpc) is 2.21. The van der Waals surface area contributed by atoms with Crippen LogP contribution in [0.15, 0.2) is 0 Å². The number of hydrogen-bond donors (Lipinski definition) is 1. The van der Waals surface area contributed by atoms with E-state index in [2.05, 4.69) is 0 Å². The smallest absolute Gasteiger partial charge is 0.216 e. The monoisotopic (exact) mass is 265 g/mol. The Kier molecular flexibility index (Phi) is 5.37. The van der Waals surface area contributed by atoms with Gasteiger partial charge in [0.1, 0.15) is 0 Å². The Labute approximate surface area is 104 Å². The first kappa shape index (κ1) is 14.9. The fraction of sp³-hybridized carbons (Fsp3) is 1.00. The van der Waals surface area contributed by atoms with Crippen molar-refractivity contribution >= 4 is 10.0 Å². The van der Waals surface area contributed by atoms with Crippen LogP contribution in [0.1, 0.15) is 27.2 Å². The maximum Gasteiger partial charge on any atom is 0.216 e. The average molecular weight is 265 g/mol. The number of nitrogens with zero attached hydrogens (tertiary/aromatic N) is 1. The Bertz CT molecular complexity index is 328. The second-order valence-corrected chi connectivity index (χ2v) is 7.02. The minimum atomic E-state index is -3.29. The van der Waals surface area contributed by atoms with Gasteiger partial charge in [0, 0.05) is 13.1 Å². The number of piperidine rings is 1. The summed E-state index contributed by atoms with van der Waals surface area (Å²) in [5, 5.41) is 9.69. The SMILES string of the molecule is CC(C)OCCS(=O)(=O)N1CCC(C)C(O)C1. The van der Waals surface area contributed by atoms with E-state index in [4.69, 9.17) is 4.74 Å². The Morgan fingerprint density at radius 1 is 1.47 bits per heavy atom. The predicted molar refractivity (Wildman–Crippen MR) is 66.2 cm³/mol. The van der Waals surface area contributed by atoms with E-state index in [-0.39, 0.29) is 30.9 Å². The van der Waals surface area contributed by atoms with Gasteiger partial charge in [-0.25, -0.2) is 8.42 Å². The van der Waals surface area contributed by atoms with Gasteiger partial charge in [-0.15, -0.1) is 0 Å². The zero-order chi connectivity index (χ0) is 13.1. The highest BCUT2D eigenvalue weighted by Gasteiger charge is 2.31. The highest BCUT2D eigenvalue weighted by atomic mass is 32.2. The minimum absolute atomic E-state index is 0.00766. The van der Waals surface area contributed by atoms with Crippen LogP contribution in [-0.4, -0.2) is 55.5 Å². The lowest BCUT2D eigenvalue weighted by Gasteiger charge is -2.33. The van der Waals surface area contributed by atoms with Crippen LogP contribution in [0.25, 0.3) is 0 Å².